The van der Waals surface area contributed by atoms with E-state index in [1.165, 1.54) is 24.3 Å². The van der Waals surface area contributed by atoms with Crippen molar-refractivity contribution in [3.05, 3.63) is 34.9 Å². The molecule has 2 amide bonds. The van der Waals surface area contributed by atoms with Gasteiger partial charge in [0, 0.05) is 22.0 Å². The third kappa shape index (κ3) is 6.12. The van der Waals surface area contributed by atoms with E-state index in [0.29, 0.717) is 10.6 Å². The average molecular weight is 365 g/mol. The monoisotopic (exact) mass is 364 g/mol. The topological polar surface area (TPSA) is 49.4 Å². The molecule has 5 heteroatoms. The van der Waals surface area contributed by atoms with Crippen molar-refractivity contribution in [1.29, 1.82) is 0 Å². The van der Waals surface area contributed by atoms with E-state index in [1.54, 1.807) is 24.3 Å². The summed E-state index contributed by atoms with van der Waals surface area (Å²) < 4.78 is 0. The lowest BCUT2D eigenvalue weighted by Gasteiger charge is -2.33. The Morgan fingerprint density at radius 1 is 1.00 bits per heavy atom. The summed E-state index contributed by atoms with van der Waals surface area (Å²) >= 11 is 5.91. The summed E-state index contributed by atoms with van der Waals surface area (Å²) in [6, 6.07) is 6.66. The molecular weight excluding hydrogens is 336 g/mol. The Morgan fingerprint density at radius 2 is 1.52 bits per heavy atom. The first-order valence-corrected chi connectivity index (χ1v) is 9.57. The number of hydrogen-bond donors (Lipinski definition) is 1. The average Bonchev–Trinajstić information content (AvgIpc) is 2.51. The van der Waals surface area contributed by atoms with Crippen LogP contribution in [0, 0.1) is 5.92 Å². The fourth-order valence-electron chi connectivity index (χ4n) is 3.15. The van der Waals surface area contributed by atoms with Crippen LogP contribution in [0.15, 0.2) is 24.3 Å². The fourth-order valence-corrected chi connectivity index (χ4v) is 3.27. The molecule has 0 unspecified atom stereocenters. The Labute approximate surface area is 155 Å². The van der Waals surface area contributed by atoms with Crippen molar-refractivity contribution in [3.63, 3.8) is 0 Å². The molecule has 1 aromatic carbocycles. The smallest absolute Gasteiger partial charge is 0.273 e. The highest BCUT2D eigenvalue weighted by Gasteiger charge is 2.32. The van der Waals surface area contributed by atoms with Gasteiger partial charge in [0.25, 0.3) is 5.91 Å². The minimum absolute atomic E-state index is 0.0913. The standard InChI is InChI=1S/C20H29ClN2O2/c1-20(2,3)22-23(19(25)16-11-13-17(21)14-12-16)18(24)15-9-7-5-4-6-8-10-15/h11-15,22H,4-10H2,1-3H3. The van der Waals surface area contributed by atoms with Crippen LogP contribution in [-0.4, -0.2) is 22.4 Å². The SMILES string of the molecule is CC(C)(C)NN(C(=O)c1ccc(Cl)cc1)C(=O)C1CCCCCCC1. The predicted molar refractivity (Wildman–Crippen MR) is 101 cm³/mol. The highest BCUT2D eigenvalue weighted by Crippen LogP contribution is 2.25. The van der Waals surface area contributed by atoms with Crippen molar-refractivity contribution in [2.75, 3.05) is 0 Å². The number of nitrogens with zero attached hydrogens (tertiary/aromatic N) is 1. The lowest BCUT2D eigenvalue weighted by Crippen LogP contribution is -2.56. The van der Waals surface area contributed by atoms with Crippen molar-refractivity contribution < 1.29 is 9.59 Å². The molecule has 1 saturated carbocycles. The fraction of sp³-hybridized carbons (Fsp3) is 0.600. The molecule has 0 radical (unpaired) electrons. The van der Waals surface area contributed by atoms with Gasteiger partial charge in [-0.15, -0.1) is 0 Å². The van der Waals surface area contributed by atoms with Gasteiger partial charge in [-0.25, -0.2) is 10.4 Å². The number of imide groups is 1. The summed E-state index contributed by atoms with van der Waals surface area (Å²) in [5, 5.41) is 1.80. The van der Waals surface area contributed by atoms with Crippen LogP contribution in [-0.2, 0) is 4.79 Å². The number of hydrogen-bond acceptors (Lipinski definition) is 3. The second-order valence-corrected chi connectivity index (χ2v) is 8.33. The van der Waals surface area contributed by atoms with Crippen molar-refractivity contribution in [2.24, 2.45) is 5.92 Å². The third-order valence-electron chi connectivity index (χ3n) is 4.42. The molecule has 1 N–H and O–H groups in total. The molecule has 1 fully saturated rings. The van der Waals surface area contributed by atoms with E-state index < -0.39 is 0 Å². The summed E-state index contributed by atoms with van der Waals surface area (Å²) in [5.41, 5.74) is 3.17. The number of carbonyl (C=O) groups excluding carboxylic acids is 2. The van der Waals surface area contributed by atoms with Crippen molar-refractivity contribution in [3.8, 4) is 0 Å². The summed E-state index contributed by atoms with van der Waals surface area (Å²) in [6.07, 6.45) is 7.39. The maximum Gasteiger partial charge on any atom is 0.275 e. The van der Waals surface area contributed by atoms with Gasteiger partial charge in [-0.1, -0.05) is 43.7 Å². The highest BCUT2D eigenvalue weighted by molar-refractivity contribution is 6.30. The zero-order chi connectivity index (χ0) is 18.4. The molecule has 0 aromatic heterocycles. The van der Waals surface area contributed by atoms with E-state index in [0.717, 1.165) is 25.7 Å². The van der Waals surface area contributed by atoms with Crippen molar-refractivity contribution in [1.82, 2.24) is 10.4 Å². The largest absolute Gasteiger partial charge is 0.275 e. The van der Waals surface area contributed by atoms with Gasteiger partial charge in [-0.2, -0.15) is 0 Å². The first kappa shape index (κ1) is 19.9. The molecule has 138 valence electrons. The Balaban J connectivity index is 2.22. The second kappa shape index (κ2) is 8.81. The highest BCUT2D eigenvalue weighted by atomic mass is 35.5. The summed E-state index contributed by atoms with van der Waals surface area (Å²) in [6.45, 7) is 5.83. The lowest BCUT2D eigenvalue weighted by atomic mass is 9.90. The zero-order valence-electron chi connectivity index (χ0n) is 15.5. The van der Waals surface area contributed by atoms with E-state index in [2.05, 4.69) is 5.43 Å². The Morgan fingerprint density at radius 3 is 2.04 bits per heavy atom. The summed E-state index contributed by atoms with van der Waals surface area (Å²) in [7, 11) is 0. The van der Waals surface area contributed by atoms with E-state index in [-0.39, 0.29) is 23.3 Å². The molecule has 1 aliphatic rings. The van der Waals surface area contributed by atoms with Crippen LogP contribution >= 0.6 is 11.6 Å². The van der Waals surface area contributed by atoms with Crippen LogP contribution in [0.3, 0.4) is 0 Å². The van der Waals surface area contributed by atoms with E-state index in [1.807, 2.05) is 20.8 Å². The molecule has 0 atom stereocenters. The summed E-state index contributed by atoms with van der Waals surface area (Å²) in [5.74, 6) is -0.526. The van der Waals surface area contributed by atoms with Gasteiger partial charge in [0.05, 0.1) is 0 Å². The van der Waals surface area contributed by atoms with Gasteiger partial charge < -0.3 is 0 Å². The molecule has 0 spiro atoms. The van der Waals surface area contributed by atoms with Gasteiger partial charge in [0.1, 0.15) is 0 Å². The lowest BCUT2D eigenvalue weighted by molar-refractivity contribution is -0.137. The van der Waals surface area contributed by atoms with Crippen molar-refractivity contribution in [2.45, 2.75) is 71.3 Å². The second-order valence-electron chi connectivity index (χ2n) is 7.89. The molecule has 1 aliphatic carbocycles. The molecule has 2 rings (SSSR count). The van der Waals surface area contributed by atoms with Crippen molar-refractivity contribution >= 4 is 23.4 Å². The molecule has 25 heavy (non-hydrogen) atoms. The molecule has 0 bridgehead atoms. The quantitative estimate of drug-likeness (QED) is 0.608. The summed E-state index contributed by atoms with van der Waals surface area (Å²) in [4.78, 5) is 26.1. The van der Waals surface area contributed by atoms with Crippen LogP contribution in [0.5, 0.6) is 0 Å². The number of amides is 2. The number of nitrogens with one attached hydrogen (secondary N) is 1. The minimum atomic E-state index is -0.390. The maximum absolute atomic E-state index is 13.1. The number of hydrazine groups is 1. The molecule has 0 aliphatic heterocycles. The van der Waals surface area contributed by atoms with Gasteiger partial charge >= 0.3 is 0 Å². The molecule has 1 aromatic rings. The van der Waals surface area contributed by atoms with Crippen LogP contribution in [0.2, 0.25) is 5.02 Å². The molecule has 4 nitrogen and oxygen atoms in total. The minimum Gasteiger partial charge on any atom is -0.273 e. The molecule has 0 heterocycles. The van der Waals surface area contributed by atoms with Crippen LogP contribution < -0.4 is 5.43 Å². The number of carbonyl (C=O) groups is 2. The normalized spacial score (nSPS) is 16.8. The van der Waals surface area contributed by atoms with E-state index in [9.17, 15) is 9.59 Å². The Bertz CT molecular complexity index is 585. The number of benzene rings is 1. The van der Waals surface area contributed by atoms with Gasteiger partial charge in [0.15, 0.2) is 0 Å². The zero-order valence-corrected chi connectivity index (χ0v) is 16.2. The Hall–Kier alpha value is -1.39. The van der Waals surface area contributed by atoms with Crippen LogP contribution in [0.25, 0.3) is 0 Å². The van der Waals surface area contributed by atoms with Crippen LogP contribution in [0.1, 0.15) is 76.1 Å². The van der Waals surface area contributed by atoms with E-state index >= 15 is 0 Å². The first-order chi connectivity index (χ1) is 11.8. The molecular formula is C20H29ClN2O2. The van der Waals surface area contributed by atoms with Crippen LogP contribution in [0.4, 0.5) is 0 Å². The molecule has 0 saturated heterocycles. The van der Waals surface area contributed by atoms with Gasteiger partial charge in [-0.05, 0) is 57.9 Å². The predicted octanol–water partition coefficient (Wildman–Crippen LogP) is 4.97. The maximum atomic E-state index is 13.1. The third-order valence-corrected chi connectivity index (χ3v) is 4.67. The first-order valence-electron chi connectivity index (χ1n) is 9.19. The Kier molecular flexibility index (Phi) is 7.03. The van der Waals surface area contributed by atoms with E-state index in [4.69, 9.17) is 11.6 Å². The van der Waals surface area contributed by atoms with Gasteiger partial charge in [-0.3, -0.25) is 9.59 Å². The number of halogens is 1. The van der Waals surface area contributed by atoms with Gasteiger partial charge in [0.2, 0.25) is 5.91 Å². The number of rotatable bonds is 3.